The zero-order chi connectivity index (χ0) is 36.5. The molecule has 53 heavy (non-hydrogen) atoms. The van der Waals surface area contributed by atoms with Gasteiger partial charge in [-0.1, -0.05) is 0 Å². The molecule has 6 aromatic rings. The van der Waals surface area contributed by atoms with E-state index < -0.39 is 41.2 Å². The van der Waals surface area contributed by atoms with Crippen molar-refractivity contribution >= 4 is 36.0 Å². The SMILES string of the molecule is CCC1=Cc2c(-c3cccc4ccccc34)cccc2[CH]1[Zr]([CH3])([CH3])[Si]1([Zr]([CH3])([CH3])[CH]2C(CC)=Cc3c(-c4cccc5ccccc45)cccc32)CCCC1. The van der Waals surface area contributed by atoms with E-state index in [1.54, 1.807) is 45.5 Å². The molecular weight excluding hydrogens is 811 g/mol. The van der Waals surface area contributed by atoms with E-state index in [0.29, 0.717) is 7.25 Å². The van der Waals surface area contributed by atoms with Crippen molar-refractivity contribution in [3.8, 4) is 22.3 Å². The van der Waals surface area contributed by atoms with Gasteiger partial charge in [-0.25, -0.2) is 0 Å². The van der Waals surface area contributed by atoms with Gasteiger partial charge in [0, 0.05) is 0 Å². The van der Waals surface area contributed by atoms with E-state index in [9.17, 15) is 0 Å². The van der Waals surface area contributed by atoms with E-state index in [1.165, 1.54) is 69.5 Å². The summed E-state index contributed by atoms with van der Waals surface area (Å²) in [5, 5.41) is 5.43. The number of rotatable bonds is 8. The minimum absolute atomic E-state index is 0.705. The maximum atomic E-state index is 3.00. The molecule has 3 heteroatoms. The molecule has 0 nitrogen and oxygen atoms in total. The molecule has 6 aromatic carbocycles. The quantitative estimate of drug-likeness (QED) is 0.134. The summed E-state index contributed by atoms with van der Waals surface area (Å²) in [5.74, 6) is 0. The van der Waals surface area contributed by atoms with Crippen LogP contribution in [0.4, 0.5) is 0 Å². The maximum absolute atomic E-state index is 3.00. The van der Waals surface area contributed by atoms with Crippen LogP contribution in [0.3, 0.4) is 0 Å². The molecule has 2 unspecified atom stereocenters. The van der Waals surface area contributed by atoms with Gasteiger partial charge >= 0.3 is 329 Å². The second-order valence-corrected chi connectivity index (χ2v) is 78.8. The van der Waals surface area contributed by atoms with Gasteiger partial charge in [0.05, 0.1) is 0 Å². The second-order valence-electron chi connectivity index (χ2n) is 17.4. The zero-order valence-electron chi connectivity index (χ0n) is 32.6. The summed E-state index contributed by atoms with van der Waals surface area (Å²) in [4.78, 5) is 0. The van der Waals surface area contributed by atoms with Crippen molar-refractivity contribution in [2.45, 2.75) is 77.4 Å². The van der Waals surface area contributed by atoms with Crippen LogP contribution in [0.5, 0.6) is 0 Å². The van der Waals surface area contributed by atoms with E-state index in [4.69, 9.17) is 0 Å². The molecular formula is C50H54SiZr2. The van der Waals surface area contributed by atoms with Crippen molar-refractivity contribution in [2.75, 3.05) is 0 Å². The van der Waals surface area contributed by atoms with Crippen LogP contribution in [0.15, 0.2) is 132 Å². The fourth-order valence-electron chi connectivity index (χ4n) is 12.3. The van der Waals surface area contributed by atoms with Crippen molar-refractivity contribution in [2.24, 2.45) is 0 Å². The topological polar surface area (TPSA) is 0 Å². The molecule has 0 N–H and O–H groups in total. The van der Waals surface area contributed by atoms with Gasteiger partial charge in [-0.2, -0.15) is 0 Å². The van der Waals surface area contributed by atoms with Crippen LogP contribution < -0.4 is 0 Å². The summed E-state index contributed by atoms with van der Waals surface area (Å²) in [5.41, 5.74) is 15.7. The minimum atomic E-state index is -2.92. The molecule has 0 amide bonds. The molecule has 9 rings (SSSR count). The first kappa shape index (κ1) is 36.0. The summed E-state index contributed by atoms with van der Waals surface area (Å²) in [6, 6.07) is 49.8. The first-order valence-corrected chi connectivity index (χ1v) is 42.8. The summed E-state index contributed by atoms with van der Waals surface area (Å²) < 4.78 is 11.8. The number of hydrogen-bond donors (Lipinski definition) is 0. The molecule has 0 spiro atoms. The number of allylic oxidation sites excluding steroid dienone is 2. The van der Waals surface area contributed by atoms with Crippen LogP contribution in [-0.2, 0) is 38.9 Å². The molecule has 1 heterocycles. The Labute approximate surface area is 326 Å². The second kappa shape index (κ2) is 13.8. The third-order valence-corrected chi connectivity index (χ3v) is 136. The van der Waals surface area contributed by atoms with Crippen LogP contribution in [0.1, 0.15) is 69.0 Å². The molecule has 2 aliphatic carbocycles. The Balaban J connectivity index is 1.18. The van der Waals surface area contributed by atoms with Crippen molar-refractivity contribution in [1.82, 2.24) is 0 Å². The van der Waals surface area contributed by atoms with Crippen LogP contribution in [-0.4, -0.2) is 2.33 Å². The van der Waals surface area contributed by atoms with Gasteiger partial charge in [-0.05, 0) is 0 Å². The molecule has 3 aliphatic rings. The summed E-state index contributed by atoms with van der Waals surface area (Å²) in [7, 11) is 0. The first-order valence-electron chi connectivity index (χ1n) is 20.3. The predicted molar refractivity (Wildman–Crippen MR) is 229 cm³/mol. The van der Waals surface area contributed by atoms with E-state index in [0.717, 1.165) is 0 Å². The van der Waals surface area contributed by atoms with Gasteiger partial charge in [-0.3, -0.25) is 0 Å². The Morgan fingerprint density at radius 3 is 1.28 bits per heavy atom. The molecule has 2 atom stereocenters. The van der Waals surface area contributed by atoms with E-state index >= 15 is 0 Å². The summed E-state index contributed by atoms with van der Waals surface area (Å²) in [6.45, 7) is 4.92. The third-order valence-electron chi connectivity index (χ3n) is 14.6. The monoisotopic (exact) mass is 862 g/mol. The molecule has 1 saturated heterocycles. The Morgan fingerprint density at radius 2 is 0.849 bits per heavy atom. The van der Waals surface area contributed by atoms with Crippen LogP contribution in [0.25, 0.3) is 56.0 Å². The van der Waals surface area contributed by atoms with Crippen molar-refractivity contribution in [3.63, 3.8) is 0 Å². The molecule has 0 saturated carbocycles. The Kier molecular flexibility index (Phi) is 9.37. The van der Waals surface area contributed by atoms with E-state index in [2.05, 4.69) is 166 Å². The van der Waals surface area contributed by atoms with Crippen LogP contribution in [0.2, 0.25) is 30.6 Å². The van der Waals surface area contributed by atoms with Gasteiger partial charge in [0.2, 0.25) is 0 Å². The number of fused-ring (bicyclic) bond motifs is 4. The number of hydrogen-bond acceptors (Lipinski definition) is 0. The van der Waals surface area contributed by atoms with Crippen molar-refractivity contribution < 1.29 is 38.9 Å². The fourth-order valence-corrected chi connectivity index (χ4v) is 164. The summed E-state index contributed by atoms with van der Waals surface area (Å²) >= 11 is -5.85. The Hall–Kier alpha value is -2.70. The molecule has 0 aromatic heterocycles. The number of benzene rings is 6. The van der Waals surface area contributed by atoms with Gasteiger partial charge in [0.15, 0.2) is 0 Å². The van der Waals surface area contributed by atoms with Crippen molar-refractivity contribution in [1.29, 1.82) is 0 Å². The Bertz CT molecular complexity index is 2280. The molecule has 0 bridgehead atoms. The molecule has 1 fully saturated rings. The Morgan fingerprint density at radius 1 is 0.472 bits per heavy atom. The molecule has 0 radical (unpaired) electrons. The summed E-state index contributed by atoms with van der Waals surface area (Å²) in [6.07, 6.45) is 10.7. The zero-order valence-corrected chi connectivity index (χ0v) is 38.5. The first-order chi connectivity index (χ1) is 25.7. The molecule has 1 aliphatic heterocycles. The average Bonchev–Trinajstić information content (AvgIpc) is 3.94. The van der Waals surface area contributed by atoms with Gasteiger partial charge < -0.3 is 0 Å². The van der Waals surface area contributed by atoms with E-state index in [1.807, 2.05) is 0 Å². The third kappa shape index (κ3) is 5.45. The van der Waals surface area contributed by atoms with Gasteiger partial charge in [0.1, 0.15) is 0 Å². The van der Waals surface area contributed by atoms with Crippen LogP contribution >= 0.6 is 0 Å². The normalized spacial score (nSPS) is 19.4. The van der Waals surface area contributed by atoms with E-state index in [-0.39, 0.29) is 0 Å². The predicted octanol–water partition coefficient (Wildman–Crippen LogP) is 15.5. The van der Waals surface area contributed by atoms with Crippen LogP contribution in [0, 0.1) is 0 Å². The average molecular weight is 866 g/mol. The fraction of sp³-hybridized carbons (Fsp3) is 0.280. The van der Waals surface area contributed by atoms with Gasteiger partial charge in [-0.15, -0.1) is 0 Å². The van der Waals surface area contributed by atoms with Crippen molar-refractivity contribution in [3.05, 3.63) is 155 Å². The van der Waals surface area contributed by atoms with Gasteiger partial charge in [0.25, 0.3) is 0 Å². The molecule has 266 valence electrons. The standard InChI is InChI=1S/2C21H17.C4H8Si.4CH3.2Zr/c2*1-2-15-13-17-9-6-12-20(21(17)14-15)19-11-5-8-16-7-3-4-10-18(16)19;1-2-4-5-3-1;;;;;;/h2*3-14H,2H2,1H3;1-4H2;4*1H3;;.